The molecule has 1 aromatic heterocycles. The van der Waals surface area contributed by atoms with Crippen molar-refractivity contribution in [2.24, 2.45) is 17.1 Å². The molecule has 0 saturated carbocycles. The highest BCUT2D eigenvalue weighted by molar-refractivity contribution is 5.75. The van der Waals surface area contributed by atoms with Crippen LogP contribution in [0.15, 0.2) is 18.3 Å². The van der Waals surface area contributed by atoms with Gasteiger partial charge in [0.25, 0.3) is 0 Å². The average molecular weight is 278 g/mol. The van der Waals surface area contributed by atoms with Crippen LogP contribution in [0.5, 0.6) is 0 Å². The van der Waals surface area contributed by atoms with Gasteiger partial charge in [0.05, 0.1) is 12.2 Å². The normalized spacial score (nSPS) is 13.0. The number of carbonyl (C=O) groups is 1. The Bertz CT molecular complexity index is 400. The molecule has 0 aliphatic rings. The molecule has 0 bridgehead atoms. The number of nitrogens with two attached hydrogens (primary N) is 1. The number of aromatic nitrogens is 2. The Hall–Kier alpha value is -1.49. The molecule has 1 atom stereocenters. The summed E-state index contributed by atoms with van der Waals surface area (Å²) >= 11 is 0. The molecule has 5 heteroatoms. The predicted octanol–water partition coefficient (Wildman–Crippen LogP) is 1.88. The molecular formula is C15H26N4O. The van der Waals surface area contributed by atoms with Crippen LogP contribution in [0.2, 0.25) is 0 Å². The molecule has 20 heavy (non-hydrogen) atoms. The van der Waals surface area contributed by atoms with Gasteiger partial charge in [-0.25, -0.2) is 0 Å². The summed E-state index contributed by atoms with van der Waals surface area (Å²) in [4.78, 5) is 11.9. The Balaban J connectivity index is 2.35. The smallest absolute Gasteiger partial charge is 0.220 e. The molecule has 1 aromatic rings. The van der Waals surface area contributed by atoms with E-state index in [4.69, 9.17) is 5.73 Å². The van der Waals surface area contributed by atoms with Crippen LogP contribution in [0.25, 0.3) is 0 Å². The molecule has 112 valence electrons. The van der Waals surface area contributed by atoms with Gasteiger partial charge in [-0.05, 0) is 42.9 Å². The number of amides is 1. The molecule has 0 saturated heterocycles. The summed E-state index contributed by atoms with van der Waals surface area (Å²) in [5.41, 5.74) is 6.61. The maximum Gasteiger partial charge on any atom is 0.220 e. The Morgan fingerprint density at radius 1 is 1.40 bits per heavy atom. The first kappa shape index (κ1) is 16.6. The number of nitrogens with zero attached hydrogens (tertiary/aromatic N) is 2. The van der Waals surface area contributed by atoms with Gasteiger partial charge < -0.3 is 11.1 Å². The first-order chi connectivity index (χ1) is 9.43. The second kappa shape index (κ2) is 7.94. The minimum absolute atomic E-state index is 0.0573. The number of rotatable bonds is 7. The Labute approximate surface area is 121 Å². The van der Waals surface area contributed by atoms with Crippen LogP contribution in [-0.2, 0) is 11.3 Å². The Kier molecular flexibility index (Phi) is 6.58. The quantitative estimate of drug-likeness (QED) is 0.798. The molecule has 0 aromatic carbocycles. The third kappa shape index (κ3) is 6.10. The van der Waals surface area contributed by atoms with E-state index in [0.717, 1.165) is 18.5 Å². The van der Waals surface area contributed by atoms with E-state index >= 15 is 0 Å². The van der Waals surface area contributed by atoms with E-state index in [1.165, 1.54) is 0 Å². The van der Waals surface area contributed by atoms with E-state index in [0.29, 0.717) is 25.4 Å². The molecule has 1 rings (SSSR count). The highest BCUT2D eigenvalue weighted by Gasteiger charge is 2.24. The first-order valence-corrected chi connectivity index (χ1v) is 7.17. The maximum absolute atomic E-state index is 11.9. The van der Waals surface area contributed by atoms with Crippen molar-refractivity contribution in [3.8, 4) is 0 Å². The lowest BCUT2D eigenvalue weighted by Gasteiger charge is -2.30. The molecule has 1 amide bonds. The van der Waals surface area contributed by atoms with E-state index in [1.54, 1.807) is 6.20 Å². The van der Waals surface area contributed by atoms with Crippen LogP contribution in [0.4, 0.5) is 0 Å². The topological polar surface area (TPSA) is 80.9 Å². The molecular weight excluding hydrogens is 252 g/mol. The average Bonchev–Trinajstić information content (AvgIpc) is 2.41. The number of hydrogen-bond donors (Lipinski definition) is 2. The van der Waals surface area contributed by atoms with Gasteiger partial charge in [-0.2, -0.15) is 10.2 Å². The molecule has 0 fully saturated rings. The molecule has 5 nitrogen and oxygen atoms in total. The molecule has 1 heterocycles. The molecule has 3 N–H and O–H groups in total. The van der Waals surface area contributed by atoms with Gasteiger partial charge in [-0.15, -0.1) is 0 Å². The molecule has 1 unspecified atom stereocenters. The van der Waals surface area contributed by atoms with E-state index < -0.39 is 0 Å². The van der Waals surface area contributed by atoms with Crippen molar-refractivity contribution in [2.75, 3.05) is 6.54 Å². The lowest BCUT2D eigenvalue weighted by molar-refractivity contribution is -0.121. The zero-order valence-electron chi connectivity index (χ0n) is 12.7. The Morgan fingerprint density at radius 3 is 2.70 bits per heavy atom. The SMILES string of the molecule is CC(C)(C)C(CCN)CCC(=O)NCc1cccnn1. The van der Waals surface area contributed by atoms with Crippen LogP contribution >= 0.6 is 0 Å². The lowest BCUT2D eigenvalue weighted by atomic mass is 9.76. The highest BCUT2D eigenvalue weighted by Crippen LogP contribution is 2.31. The summed E-state index contributed by atoms with van der Waals surface area (Å²) in [6.07, 6.45) is 3.97. The van der Waals surface area contributed by atoms with Gasteiger partial charge in [0.2, 0.25) is 5.91 Å². The number of carbonyl (C=O) groups excluding carboxylic acids is 1. The summed E-state index contributed by atoms with van der Waals surface area (Å²) in [6.45, 7) is 7.70. The highest BCUT2D eigenvalue weighted by atomic mass is 16.1. The Morgan fingerprint density at radius 2 is 2.15 bits per heavy atom. The van der Waals surface area contributed by atoms with Crippen molar-refractivity contribution in [1.29, 1.82) is 0 Å². The predicted molar refractivity (Wildman–Crippen MR) is 79.7 cm³/mol. The van der Waals surface area contributed by atoms with Crippen molar-refractivity contribution < 1.29 is 4.79 Å². The molecule has 0 aliphatic heterocycles. The van der Waals surface area contributed by atoms with E-state index in [-0.39, 0.29) is 11.3 Å². The summed E-state index contributed by atoms with van der Waals surface area (Å²) in [7, 11) is 0. The third-order valence-corrected chi connectivity index (χ3v) is 3.55. The summed E-state index contributed by atoms with van der Waals surface area (Å²) < 4.78 is 0. The maximum atomic E-state index is 11.9. The van der Waals surface area contributed by atoms with Crippen LogP contribution in [0.3, 0.4) is 0 Å². The van der Waals surface area contributed by atoms with Crippen LogP contribution in [0.1, 0.15) is 45.7 Å². The first-order valence-electron chi connectivity index (χ1n) is 7.17. The van der Waals surface area contributed by atoms with E-state index in [1.807, 2.05) is 12.1 Å². The van der Waals surface area contributed by atoms with Gasteiger partial charge in [-0.3, -0.25) is 4.79 Å². The fourth-order valence-electron chi connectivity index (χ4n) is 2.22. The zero-order chi connectivity index (χ0) is 15.0. The van der Waals surface area contributed by atoms with Crippen molar-refractivity contribution in [3.63, 3.8) is 0 Å². The second-order valence-corrected chi connectivity index (χ2v) is 6.17. The third-order valence-electron chi connectivity index (χ3n) is 3.55. The van der Waals surface area contributed by atoms with Gasteiger partial charge in [0.15, 0.2) is 0 Å². The fraction of sp³-hybridized carbons (Fsp3) is 0.667. The van der Waals surface area contributed by atoms with E-state index in [9.17, 15) is 4.79 Å². The second-order valence-electron chi connectivity index (χ2n) is 6.17. The van der Waals surface area contributed by atoms with Gasteiger partial charge in [0.1, 0.15) is 0 Å². The number of nitrogens with one attached hydrogen (secondary N) is 1. The largest absolute Gasteiger partial charge is 0.350 e. The van der Waals surface area contributed by atoms with Crippen molar-refractivity contribution in [3.05, 3.63) is 24.0 Å². The van der Waals surface area contributed by atoms with Crippen LogP contribution in [-0.4, -0.2) is 22.6 Å². The van der Waals surface area contributed by atoms with Gasteiger partial charge >= 0.3 is 0 Å². The van der Waals surface area contributed by atoms with E-state index in [2.05, 4.69) is 36.3 Å². The zero-order valence-corrected chi connectivity index (χ0v) is 12.7. The summed E-state index contributed by atoms with van der Waals surface area (Å²) in [5.74, 6) is 0.525. The summed E-state index contributed by atoms with van der Waals surface area (Å²) in [5, 5.41) is 10.6. The standard InChI is InChI=1S/C15H26N4O/c1-15(2,3)12(8-9-16)6-7-14(20)17-11-13-5-4-10-18-19-13/h4-5,10,12H,6-9,11,16H2,1-3H3,(H,17,20). The van der Waals surface area contributed by atoms with Crippen molar-refractivity contribution in [1.82, 2.24) is 15.5 Å². The molecule has 0 spiro atoms. The van der Waals surface area contributed by atoms with Crippen molar-refractivity contribution in [2.45, 2.75) is 46.6 Å². The molecule has 0 aliphatic carbocycles. The lowest BCUT2D eigenvalue weighted by Crippen LogP contribution is -2.27. The number of hydrogen-bond acceptors (Lipinski definition) is 4. The van der Waals surface area contributed by atoms with Crippen molar-refractivity contribution >= 4 is 5.91 Å². The van der Waals surface area contributed by atoms with Gasteiger partial charge in [0, 0.05) is 12.6 Å². The van der Waals surface area contributed by atoms with Crippen LogP contribution in [0, 0.1) is 11.3 Å². The minimum Gasteiger partial charge on any atom is -0.350 e. The summed E-state index contributed by atoms with van der Waals surface area (Å²) in [6, 6.07) is 3.66. The monoisotopic (exact) mass is 278 g/mol. The van der Waals surface area contributed by atoms with Crippen LogP contribution < -0.4 is 11.1 Å². The van der Waals surface area contributed by atoms with Gasteiger partial charge in [-0.1, -0.05) is 20.8 Å². The minimum atomic E-state index is 0.0573. The molecule has 0 radical (unpaired) electrons. The fourth-order valence-corrected chi connectivity index (χ4v) is 2.22.